The molecule has 0 aliphatic rings. The van der Waals surface area contributed by atoms with E-state index in [9.17, 15) is 19.2 Å². The van der Waals surface area contributed by atoms with Crippen molar-refractivity contribution in [3.05, 3.63) is 70.8 Å². The zero-order chi connectivity index (χ0) is 21.9. The molecule has 0 amide bonds. The average Bonchev–Trinajstić information content (AvgIpc) is 2.79. The Hall–Kier alpha value is -3.72. The van der Waals surface area contributed by atoms with Gasteiger partial charge in [0.05, 0.1) is 36.0 Å². The highest BCUT2D eigenvalue weighted by molar-refractivity contribution is 5.94. The van der Waals surface area contributed by atoms with Gasteiger partial charge in [0.1, 0.15) is 19.8 Å². The summed E-state index contributed by atoms with van der Waals surface area (Å²) < 4.78 is 19.4. The second-order valence-electron chi connectivity index (χ2n) is 5.78. The normalized spacial score (nSPS) is 10.1. The Balaban J connectivity index is 1.77. The molecule has 0 spiro atoms. The number of rotatable bonds is 9. The van der Waals surface area contributed by atoms with Crippen molar-refractivity contribution in [1.29, 1.82) is 0 Å². The quantitative estimate of drug-likeness (QED) is 0.369. The summed E-state index contributed by atoms with van der Waals surface area (Å²) in [5.74, 6) is -2.41. The van der Waals surface area contributed by atoms with Crippen LogP contribution in [-0.4, -0.2) is 62.5 Å². The number of hydrogen-bond donors (Lipinski definition) is 1. The minimum atomic E-state index is -0.649. The van der Waals surface area contributed by atoms with Crippen molar-refractivity contribution in [2.24, 2.45) is 0 Å². The molecule has 0 atom stereocenters. The van der Waals surface area contributed by atoms with Gasteiger partial charge in [0.25, 0.3) is 0 Å². The van der Waals surface area contributed by atoms with Crippen molar-refractivity contribution in [1.82, 2.24) is 0 Å². The smallest absolute Gasteiger partial charge is 0.338 e. The van der Waals surface area contributed by atoms with Crippen molar-refractivity contribution >= 4 is 23.9 Å². The van der Waals surface area contributed by atoms with E-state index in [0.29, 0.717) is 5.56 Å². The van der Waals surface area contributed by atoms with E-state index in [0.717, 1.165) is 0 Å². The molecule has 9 heteroatoms. The minimum Gasteiger partial charge on any atom is -0.465 e. The third-order valence-corrected chi connectivity index (χ3v) is 3.77. The number of hydrogen-bond acceptors (Lipinski definition) is 9. The molecule has 0 saturated carbocycles. The average molecular weight is 416 g/mol. The monoisotopic (exact) mass is 416 g/mol. The molecule has 1 N–H and O–H groups in total. The Kier molecular flexibility index (Phi) is 8.52. The van der Waals surface area contributed by atoms with Crippen molar-refractivity contribution < 1.29 is 43.2 Å². The predicted molar refractivity (Wildman–Crippen MR) is 102 cm³/mol. The van der Waals surface area contributed by atoms with Gasteiger partial charge >= 0.3 is 23.9 Å². The largest absolute Gasteiger partial charge is 0.465 e. The van der Waals surface area contributed by atoms with Crippen LogP contribution in [-0.2, 0) is 18.9 Å². The molecule has 0 fully saturated rings. The Morgan fingerprint density at radius 2 is 0.900 bits per heavy atom. The molecule has 30 heavy (non-hydrogen) atoms. The van der Waals surface area contributed by atoms with E-state index < -0.39 is 23.9 Å². The lowest BCUT2D eigenvalue weighted by Gasteiger charge is -2.07. The van der Waals surface area contributed by atoms with Crippen molar-refractivity contribution in [3.63, 3.8) is 0 Å². The molecule has 0 aliphatic heterocycles. The lowest BCUT2D eigenvalue weighted by Crippen LogP contribution is -2.14. The predicted octanol–water partition coefficient (Wildman–Crippen LogP) is 1.64. The van der Waals surface area contributed by atoms with Crippen LogP contribution in [0.15, 0.2) is 48.5 Å². The fourth-order valence-corrected chi connectivity index (χ4v) is 2.26. The zero-order valence-electron chi connectivity index (χ0n) is 16.2. The van der Waals surface area contributed by atoms with E-state index in [1.165, 1.54) is 55.6 Å². The first-order valence-electron chi connectivity index (χ1n) is 8.87. The highest BCUT2D eigenvalue weighted by atomic mass is 16.6. The summed E-state index contributed by atoms with van der Waals surface area (Å²) in [7, 11) is 1.26. The first-order chi connectivity index (χ1) is 14.5. The molecule has 9 nitrogen and oxygen atoms in total. The van der Waals surface area contributed by atoms with Gasteiger partial charge < -0.3 is 24.1 Å². The van der Waals surface area contributed by atoms with Gasteiger partial charge in [-0.2, -0.15) is 0 Å². The van der Waals surface area contributed by atoms with Gasteiger partial charge in [-0.15, -0.1) is 0 Å². The summed E-state index contributed by atoms with van der Waals surface area (Å²) in [5.41, 5.74) is 0.971. The number of carbonyl (C=O) groups excluding carboxylic acids is 4. The van der Waals surface area contributed by atoms with Crippen LogP contribution in [0.5, 0.6) is 0 Å². The Morgan fingerprint density at radius 1 is 0.600 bits per heavy atom. The molecule has 0 unspecified atom stereocenters. The summed E-state index contributed by atoms with van der Waals surface area (Å²) >= 11 is 0. The number of aliphatic hydroxyl groups is 1. The third kappa shape index (κ3) is 6.42. The fourth-order valence-electron chi connectivity index (χ4n) is 2.26. The van der Waals surface area contributed by atoms with E-state index in [-0.39, 0.29) is 43.1 Å². The summed E-state index contributed by atoms with van der Waals surface area (Å²) in [6.45, 7) is -0.712. The second kappa shape index (κ2) is 11.3. The Bertz CT molecular complexity index is 886. The molecule has 0 radical (unpaired) electrons. The van der Waals surface area contributed by atoms with E-state index in [2.05, 4.69) is 4.74 Å². The second-order valence-corrected chi connectivity index (χ2v) is 5.78. The number of benzene rings is 2. The van der Waals surface area contributed by atoms with Gasteiger partial charge in [-0.3, -0.25) is 0 Å². The number of methoxy groups -OCH3 is 1. The minimum absolute atomic E-state index is 0.114. The molecule has 158 valence electrons. The van der Waals surface area contributed by atoms with Gasteiger partial charge in [-0.1, -0.05) is 0 Å². The Morgan fingerprint density at radius 3 is 1.20 bits per heavy atom. The maximum absolute atomic E-state index is 12.0. The first-order valence-corrected chi connectivity index (χ1v) is 8.87. The topological polar surface area (TPSA) is 125 Å². The van der Waals surface area contributed by atoms with Gasteiger partial charge in [0, 0.05) is 0 Å². The number of aliphatic hydroxyl groups excluding tert-OH is 1. The molecule has 0 bridgehead atoms. The van der Waals surface area contributed by atoms with Crippen LogP contribution in [0.4, 0.5) is 0 Å². The standard InChI is InChI=1S/C21H20O9/c1-27-18(23)14-2-4-16(5-3-14)20(25)29-12-13-30-21(26)17-8-6-15(7-9-17)19(24)28-11-10-22/h2-9,22H,10-13H2,1H3. The van der Waals surface area contributed by atoms with Crippen molar-refractivity contribution in [2.45, 2.75) is 0 Å². The van der Waals surface area contributed by atoms with Crippen molar-refractivity contribution in [2.75, 3.05) is 33.5 Å². The van der Waals surface area contributed by atoms with Crippen LogP contribution in [0, 0.1) is 0 Å². The van der Waals surface area contributed by atoms with Crippen LogP contribution in [0.25, 0.3) is 0 Å². The number of ether oxygens (including phenoxy) is 4. The molecular weight excluding hydrogens is 396 g/mol. The Labute approximate surface area is 172 Å². The summed E-state index contributed by atoms with van der Waals surface area (Å²) in [6, 6.07) is 11.3. The highest BCUT2D eigenvalue weighted by Gasteiger charge is 2.13. The number of carbonyl (C=O) groups is 4. The van der Waals surface area contributed by atoms with E-state index in [1.807, 2.05) is 0 Å². The number of esters is 4. The van der Waals surface area contributed by atoms with Crippen LogP contribution in [0.3, 0.4) is 0 Å². The summed E-state index contributed by atoms with van der Waals surface area (Å²) in [5, 5.41) is 8.63. The van der Waals surface area contributed by atoms with Gasteiger partial charge in [-0.05, 0) is 48.5 Å². The molecule has 0 heterocycles. The summed E-state index contributed by atoms with van der Waals surface area (Å²) in [6.07, 6.45) is 0. The molecule has 2 aromatic rings. The molecule has 0 aliphatic carbocycles. The maximum Gasteiger partial charge on any atom is 0.338 e. The van der Waals surface area contributed by atoms with Crippen molar-refractivity contribution in [3.8, 4) is 0 Å². The zero-order valence-corrected chi connectivity index (χ0v) is 16.2. The fraction of sp³-hybridized carbons (Fsp3) is 0.238. The van der Waals surface area contributed by atoms with Crippen LogP contribution >= 0.6 is 0 Å². The SMILES string of the molecule is COC(=O)c1ccc(C(=O)OCCOC(=O)c2ccc(C(=O)OCCO)cc2)cc1. The lowest BCUT2D eigenvalue weighted by molar-refractivity contribution is 0.0265. The van der Waals surface area contributed by atoms with Gasteiger partial charge in [0.2, 0.25) is 0 Å². The molecule has 2 rings (SSSR count). The van der Waals surface area contributed by atoms with E-state index >= 15 is 0 Å². The maximum atomic E-state index is 12.0. The van der Waals surface area contributed by atoms with Crippen LogP contribution < -0.4 is 0 Å². The van der Waals surface area contributed by atoms with Crippen LogP contribution in [0.2, 0.25) is 0 Å². The van der Waals surface area contributed by atoms with Gasteiger partial charge in [0.15, 0.2) is 0 Å². The molecular formula is C21H20O9. The first kappa shape index (κ1) is 22.6. The van der Waals surface area contributed by atoms with E-state index in [4.69, 9.17) is 19.3 Å². The third-order valence-electron chi connectivity index (χ3n) is 3.77. The lowest BCUT2D eigenvalue weighted by atomic mass is 10.1. The molecule has 2 aromatic carbocycles. The molecule has 0 saturated heterocycles. The van der Waals surface area contributed by atoms with Crippen LogP contribution in [0.1, 0.15) is 41.4 Å². The van der Waals surface area contributed by atoms with Gasteiger partial charge in [-0.25, -0.2) is 19.2 Å². The highest BCUT2D eigenvalue weighted by Crippen LogP contribution is 2.09. The molecule has 0 aromatic heterocycles. The van der Waals surface area contributed by atoms with E-state index in [1.54, 1.807) is 0 Å². The summed E-state index contributed by atoms with van der Waals surface area (Å²) in [4.78, 5) is 46.9.